The number of para-hydroxylation sites is 1. The molecule has 7 heteroatoms. The number of hydrogen-bond donors (Lipinski definition) is 1. The third kappa shape index (κ3) is 3.38. The number of rotatable bonds is 4. The molecule has 5 nitrogen and oxygen atoms in total. The fourth-order valence-corrected chi connectivity index (χ4v) is 2.52. The quantitative estimate of drug-likeness (QED) is 0.939. The van der Waals surface area contributed by atoms with E-state index in [0.717, 1.165) is 24.5 Å². The van der Waals surface area contributed by atoms with Crippen LogP contribution in [-0.4, -0.2) is 25.7 Å². The standard InChI is InChI=1S/C14H11FO5S/c1-21(18,19)13-5-3-2-4-12(13)20-11-7-6-9(15)8-10(11)14(16)17/h2-8H,1H3,(H,16,17). The Hall–Kier alpha value is -2.41. The fourth-order valence-electron chi connectivity index (χ4n) is 1.72. The number of ether oxygens (including phenoxy) is 1. The largest absolute Gasteiger partial charge is 0.478 e. The molecule has 0 saturated carbocycles. The summed E-state index contributed by atoms with van der Waals surface area (Å²) in [5.41, 5.74) is -0.390. The molecule has 0 radical (unpaired) electrons. The maximum absolute atomic E-state index is 13.1. The van der Waals surface area contributed by atoms with Gasteiger partial charge in [0.2, 0.25) is 0 Å². The van der Waals surface area contributed by atoms with Gasteiger partial charge in [0.05, 0.1) is 0 Å². The van der Waals surface area contributed by atoms with Crippen molar-refractivity contribution in [2.24, 2.45) is 0 Å². The lowest BCUT2D eigenvalue weighted by atomic mass is 10.2. The monoisotopic (exact) mass is 310 g/mol. The van der Waals surface area contributed by atoms with Crippen LogP contribution in [0.3, 0.4) is 0 Å². The normalized spacial score (nSPS) is 11.1. The predicted octanol–water partition coefficient (Wildman–Crippen LogP) is 2.72. The van der Waals surface area contributed by atoms with E-state index in [2.05, 4.69) is 0 Å². The Kier molecular flexibility index (Phi) is 3.95. The molecular weight excluding hydrogens is 299 g/mol. The van der Waals surface area contributed by atoms with Crippen LogP contribution >= 0.6 is 0 Å². The highest BCUT2D eigenvalue weighted by molar-refractivity contribution is 7.90. The van der Waals surface area contributed by atoms with Crippen molar-refractivity contribution in [2.75, 3.05) is 6.26 Å². The van der Waals surface area contributed by atoms with Gasteiger partial charge < -0.3 is 9.84 Å². The Bertz CT molecular complexity index is 799. The summed E-state index contributed by atoms with van der Waals surface area (Å²) >= 11 is 0. The molecule has 2 aromatic rings. The van der Waals surface area contributed by atoms with E-state index in [-0.39, 0.29) is 16.4 Å². The zero-order chi connectivity index (χ0) is 15.6. The molecule has 0 unspecified atom stereocenters. The Morgan fingerprint density at radius 3 is 2.43 bits per heavy atom. The molecule has 0 aromatic heterocycles. The lowest BCUT2D eigenvalue weighted by Crippen LogP contribution is -2.04. The van der Waals surface area contributed by atoms with Crippen molar-refractivity contribution >= 4 is 15.8 Å². The van der Waals surface area contributed by atoms with Crippen molar-refractivity contribution < 1.29 is 27.4 Å². The van der Waals surface area contributed by atoms with Crippen LogP contribution in [0.15, 0.2) is 47.4 Å². The number of carboxylic acids is 1. The number of hydrogen-bond acceptors (Lipinski definition) is 4. The van der Waals surface area contributed by atoms with Gasteiger partial charge in [0.15, 0.2) is 9.84 Å². The van der Waals surface area contributed by atoms with Crippen LogP contribution in [0.25, 0.3) is 0 Å². The van der Waals surface area contributed by atoms with Gasteiger partial charge in [-0.1, -0.05) is 12.1 Å². The number of halogens is 1. The van der Waals surface area contributed by atoms with Crippen molar-refractivity contribution in [3.63, 3.8) is 0 Å². The number of sulfone groups is 1. The van der Waals surface area contributed by atoms with E-state index in [1.165, 1.54) is 18.2 Å². The molecule has 2 aromatic carbocycles. The summed E-state index contributed by atoms with van der Waals surface area (Å²) in [4.78, 5) is 11.0. The van der Waals surface area contributed by atoms with E-state index in [0.29, 0.717) is 0 Å². The molecular formula is C14H11FO5S. The summed E-state index contributed by atoms with van der Waals surface area (Å²) in [6.45, 7) is 0. The van der Waals surface area contributed by atoms with Crippen LogP contribution in [0, 0.1) is 5.82 Å². The third-order valence-corrected chi connectivity index (χ3v) is 3.78. The van der Waals surface area contributed by atoms with E-state index in [9.17, 15) is 17.6 Å². The predicted molar refractivity (Wildman–Crippen MR) is 73.0 cm³/mol. The molecule has 0 heterocycles. The van der Waals surface area contributed by atoms with E-state index in [1.807, 2.05) is 0 Å². The lowest BCUT2D eigenvalue weighted by Gasteiger charge is -2.11. The molecule has 0 fully saturated rings. The summed E-state index contributed by atoms with van der Waals surface area (Å²) in [5, 5.41) is 9.03. The SMILES string of the molecule is CS(=O)(=O)c1ccccc1Oc1ccc(F)cc1C(=O)O. The first-order valence-corrected chi connectivity index (χ1v) is 7.68. The van der Waals surface area contributed by atoms with Crippen LogP contribution in [0.2, 0.25) is 0 Å². The van der Waals surface area contributed by atoms with Crippen LogP contribution < -0.4 is 4.74 Å². The number of benzene rings is 2. The molecule has 0 atom stereocenters. The molecule has 0 spiro atoms. The average Bonchev–Trinajstić information content (AvgIpc) is 2.40. The van der Waals surface area contributed by atoms with E-state index < -0.39 is 27.2 Å². The summed E-state index contributed by atoms with van der Waals surface area (Å²) in [6, 6.07) is 8.78. The van der Waals surface area contributed by atoms with Gasteiger partial charge in [-0.3, -0.25) is 0 Å². The van der Waals surface area contributed by atoms with Gasteiger partial charge in [-0.05, 0) is 30.3 Å². The first kappa shape index (κ1) is 15.0. The molecule has 2 rings (SSSR count). The Balaban J connectivity index is 2.52. The second-order valence-electron chi connectivity index (χ2n) is 4.27. The minimum absolute atomic E-state index is 0.0193. The van der Waals surface area contributed by atoms with Gasteiger partial charge in [-0.25, -0.2) is 17.6 Å². The summed E-state index contributed by atoms with van der Waals surface area (Å²) < 4.78 is 41.8. The number of carbonyl (C=O) groups is 1. The molecule has 0 aliphatic heterocycles. The molecule has 0 bridgehead atoms. The minimum atomic E-state index is -3.54. The summed E-state index contributed by atoms with van der Waals surface area (Å²) in [6.07, 6.45) is 1.01. The minimum Gasteiger partial charge on any atom is -0.478 e. The third-order valence-electron chi connectivity index (χ3n) is 2.64. The van der Waals surface area contributed by atoms with Gasteiger partial charge in [-0.15, -0.1) is 0 Å². The van der Waals surface area contributed by atoms with Crippen LogP contribution in [0.4, 0.5) is 4.39 Å². The number of aromatic carboxylic acids is 1. The van der Waals surface area contributed by atoms with E-state index in [4.69, 9.17) is 9.84 Å². The highest BCUT2D eigenvalue weighted by atomic mass is 32.2. The lowest BCUT2D eigenvalue weighted by molar-refractivity contribution is 0.0693. The van der Waals surface area contributed by atoms with Crippen molar-refractivity contribution in [1.29, 1.82) is 0 Å². The summed E-state index contributed by atoms with van der Waals surface area (Å²) in [5.74, 6) is -2.26. The van der Waals surface area contributed by atoms with Crippen molar-refractivity contribution in [1.82, 2.24) is 0 Å². The topological polar surface area (TPSA) is 80.7 Å². The van der Waals surface area contributed by atoms with Gasteiger partial charge in [0.25, 0.3) is 0 Å². The van der Waals surface area contributed by atoms with Gasteiger partial charge in [0, 0.05) is 6.26 Å². The second-order valence-corrected chi connectivity index (χ2v) is 6.25. The molecule has 21 heavy (non-hydrogen) atoms. The fraction of sp³-hybridized carbons (Fsp3) is 0.0714. The number of carboxylic acid groups (broad SMARTS) is 1. The van der Waals surface area contributed by atoms with Crippen LogP contribution in [0.1, 0.15) is 10.4 Å². The molecule has 0 aliphatic rings. The maximum Gasteiger partial charge on any atom is 0.339 e. The second kappa shape index (κ2) is 5.53. The zero-order valence-electron chi connectivity index (χ0n) is 10.9. The highest BCUT2D eigenvalue weighted by Gasteiger charge is 2.18. The molecule has 0 aliphatic carbocycles. The Labute approximate surface area is 120 Å². The smallest absolute Gasteiger partial charge is 0.339 e. The van der Waals surface area contributed by atoms with Crippen LogP contribution in [-0.2, 0) is 9.84 Å². The molecule has 110 valence electrons. The Morgan fingerprint density at radius 1 is 1.14 bits per heavy atom. The van der Waals surface area contributed by atoms with Crippen molar-refractivity contribution in [3.8, 4) is 11.5 Å². The van der Waals surface area contributed by atoms with Crippen molar-refractivity contribution in [3.05, 3.63) is 53.8 Å². The van der Waals surface area contributed by atoms with Crippen molar-refractivity contribution in [2.45, 2.75) is 4.90 Å². The Morgan fingerprint density at radius 2 is 1.81 bits per heavy atom. The summed E-state index contributed by atoms with van der Waals surface area (Å²) in [7, 11) is -3.54. The first-order valence-electron chi connectivity index (χ1n) is 5.79. The van der Waals surface area contributed by atoms with Gasteiger partial charge >= 0.3 is 5.97 Å². The molecule has 1 N–H and O–H groups in total. The zero-order valence-corrected chi connectivity index (χ0v) is 11.7. The molecule has 0 amide bonds. The maximum atomic E-state index is 13.1. The average molecular weight is 310 g/mol. The van der Waals surface area contributed by atoms with Gasteiger partial charge in [0.1, 0.15) is 27.8 Å². The molecule has 0 saturated heterocycles. The van der Waals surface area contributed by atoms with Gasteiger partial charge in [-0.2, -0.15) is 0 Å². The van der Waals surface area contributed by atoms with E-state index >= 15 is 0 Å². The van der Waals surface area contributed by atoms with Crippen LogP contribution in [0.5, 0.6) is 11.5 Å². The first-order chi connectivity index (χ1) is 9.79. The van der Waals surface area contributed by atoms with E-state index in [1.54, 1.807) is 6.07 Å². The highest BCUT2D eigenvalue weighted by Crippen LogP contribution is 2.31.